The summed E-state index contributed by atoms with van der Waals surface area (Å²) in [5, 5.41) is 10.2. The zero-order valence-electron chi connectivity index (χ0n) is 6.77. The molecule has 0 amide bonds. The van der Waals surface area contributed by atoms with E-state index in [1.807, 2.05) is 0 Å². The monoisotopic (exact) mass is 175 g/mol. The van der Waals surface area contributed by atoms with Gasteiger partial charge in [0.2, 0.25) is 0 Å². The van der Waals surface area contributed by atoms with Crippen LogP contribution in [0.5, 0.6) is 0 Å². The molecule has 1 aromatic carbocycles. The van der Waals surface area contributed by atoms with Gasteiger partial charge in [-0.25, -0.2) is 0 Å². The molecule has 0 fully saturated rings. The Morgan fingerprint density at radius 2 is 1.92 bits per heavy atom. The summed E-state index contributed by atoms with van der Waals surface area (Å²) in [6.45, 7) is 0. The molecule has 0 saturated carbocycles. The number of benzene rings is 1. The largest absolute Gasteiger partial charge is 0.312 e. The number of non-ortho nitro benzene ring substituents is 1. The number of rotatable bonds is 3. The first-order chi connectivity index (χ1) is 6.09. The minimum atomic E-state index is -0.492. The van der Waals surface area contributed by atoms with Crippen molar-refractivity contribution in [3.63, 3.8) is 0 Å². The summed E-state index contributed by atoms with van der Waals surface area (Å²) in [5.74, 6) is 0. The highest BCUT2D eigenvalue weighted by Gasteiger charge is 2.04. The molecule has 0 aliphatic carbocycles. The van der Waals surface area contributed by atoms with Gasteiger partial charge in [0.25, 0.3) is 5.69 Å². The molecule has 4 nitrogen and oxygen atoms in total. The Kier molecular flexibility index (Phi) is 2.79. The molecule has 5 heteroatoms. The molecule has 0 N–H and O–H groups in total. The average Bonchev–Trinajstić information content (AvgIpc) is 2.04. The molecule has 0 aliphatic rings. The van der Waals surface area contributed by atoms with Gasteiger partial charge in [0, 0.05) is 18.6 Å². The second kappa shape index (κ2) is 3.84. The predicted octanol–water partition coefficient (Wildman–Crippen LogP) is 0.832. The van der Waals surface area contributed by atoms with E-state index < -0.39 is 10.6 Å². The van der Waals surface area contributed by atoms with Crippen molar-refractivity contribution in [1.29, 1.82) is 0 Å². The van der Waals surface area contributed by atoms with E-state index in [4.69, 9.17) is 7.85 Å². The molecular weight excluding hydrogens is 169 g/mol. The molecule has 1 aromatic rings. The zero-order valence-corrected chi connectivity index (χ0v) is 6.77. The normalized spacial score (nSPS) is 9.54. The van der Waals surface area contributed by atoms with Gasteiger partial charge in [-0.1, -0.05) is 12.1 Å². The minimum Gasteiger partial charge on any atom is -0.312 e. The van der Waals surface area contributed by atoms with Gasteiger partial charge >= 0.3 is 0 Å². The standard InChI is InChI=1S/C8H6BNO3/c9-8(11)5-6-1-3-7(4-2-6)10(12)13/h1-4H,5H2. The van der Waals surface area contributed by atoms with Crippen LogP contribution in [0.4, 0.5) is 5.69 Å². The van der Waals surface area contributed by atoms with Crippen LogP contribution < -0.4 is 0 Å². The van der Waals surface area contributed by atoms with Gasteiger partial charge in [-0.2, -0.15) is 0 Å². The van der Waals surface area contributed by atoms with Crippen LogP contribution in [-0.4, -0.2) is 18.5 Å². The van der Waals surface area contributed by atoms with Crippen LogP contribution in [0.15, 0.2) is 24.3 Å². The Balaban J connectivity index is 2.81. The highest BCUT2D eigenvalue weighted by molar-refractivity contribution is 6.57. The van der Waals surface area contributed by atoms with Crippen LogP contribution in [0.25, 0.3) is 0 Å². The van der Waals surface area contributed by atoms with Gasteiger partial charge < -0.3 is 4.79 Å². The number of nitro groups is 1. The lowest BCUT2D eigenvalue weighted by Crippen LogP contribution is -2.00. The molecule has 0 bridgehead atoms. The summed E-state index contributed by atoms with van der Waals surface area (Å²) in [6, 6.07) is 5.72. The van der Waals surface area contributed by atoms with Crippen molar-refractivity contribution in [1.82, 2.24) is 0 Å². The molecule has 64 valence electrons. The van der Waals surface area contributed by atoms with Crippen LogP contribution >= 0.6 is 0 Å². The molecule has 0 spiro atoms. The Morgan fingerprint density at radius 3 is 2.31 bits per heavy atom. The molecule has 2 radical (unpaired) electrons. The van der Waals surface area contributed by atoms with Gasteiger partial charge in [-0.3, -0.25) is 10.1 Å². The number of hydrogen-bond donors (Lipinski definition) is 0. The maximum absolute atomic E-state index is 10.5. The third-order valence-corrected chi connectivity index (χ3v) is 1.53. The van der Waals surface area contributed by atoms with Crippen molar-refractivity contribution in [2.24, 2.45) is 0 Å². The Labute approximate surface area is 76.1 Å². The summed E-state index contributed by atoms with van der Waals surface area (Å²) >= 11 is 0. The third-order valence-electron chi connectivity index (χ3n) is 1.53. The van der Waals surface area contributed by atoms with E-state index in [-0.39, 0.29) is 12.1 Å². The van der Waals surface area contributed by atoms with E-state index >= 15 is 0 Å². The highest BCUT2D eigenvalue weighted by Crippen LogP contribution is 2.11. The van der Waals surface area contributed by atoms with Crippen molar-refractivity contribution in [2.45, 2.75) is 6.42 Å². The van der Waals surface area contributed by atoms with Crippen molar-refractivity contribution < 1.29 is 9.72 Å². The number of nitrogens with zero attached hydrogens (tertiary/aromatic N) is 1. The molecule has 0 heterocycles. The van der Waals surface area contributed by atoms with Crippen molar-refractivity contribution in [3.8, 4) is 0 Å². The molecule has 0 aromatic heterocycles. The summed E-state index contributed by atoms with van der Waals surface area (Å²) in [5.41, 5.74) is 0.236. The Hall–Kier alpha value is -1.65. The topological polar surface area (TPSA) is 60.2 Å². The number of nitro benzene ring substituents is 1. The van der Waals surface area contributed by atoms with E-state index in [0.29, 0.717) is 5.56 Å². The molecule has 0 unspecified atom stereocenters. The van der Waals surface area contributed by atoms with Crippen molar-refractivity contribution >= 4 is 19.2 Å². The Morgan fingerprint density at radius 1 is 1.38 bits per heavy atom. The van der Waals surface area contributed by atoms with E-state index in [1.54, 1.807) is 0 Å². The molecule has 13 heavy (non-hydrogen) atoms. The number of carbonyl (C=O) groups is 1. The summed E-state index contributed by atoms with van der Waals surface area (Å²) < 4.78 is 0. The third kappa shape index (κ3) is 2.70. The van der Waals surface area contributed by atoms with Gasteiger partial charge in [-0.05, 0) is 5.56 Å². The van der Waals surface area contributed by atoms with Gasteiger partial charge in [0.1, 0.15) is 0 Å². The first-order valence-corrected chi connectivity index (χ1v) is 3.61. The van der Waals surface area contributed by atoms with Gasteiger partial charge in [0.05, 0.1) is 10.6 Å². The second-order valence-corrected chi connectivity index (χ2v) is 2.57. The summed E-state index contributed by atoms with van der Waals surface area (Å²) in [7, 11) is 4.95. The molecule has 0 atom stereocenters. The lowest BCUT2D eigenvalue weighted by molar-refractivity contribution is -0.384. The Bertz CT molecular complexity index is 334. The van der Waals surface area contributed by atoms with E-state index in [1.165, 1.54) is 24.3 Å². The maximum atomic E-state index is 10.5. The molecule has 0 saturated heterocycles. The number of carbonyl (C=O) groups excluding carboxylic acids is 1. The lowest BCUT2D eigenvalue weighted by Gasteiger charge is -1.96. The van der Waals surface area contributed by atoms with Crippen LogP contribution in [0.3, 0.4) is 0 Å². The molecular formula is C8H6BNO3. The fraction of sp³-hybridized carbons (Fsp3) is 0.125. The predicted molar refractivity (Wildman–Crippen MR) is 47.6 cm³/mol. The van der Waals surface area contributed by atoms with Crippen LogP contribution in [0.1, 0.15) is 5.56 Å². The second-order valence-electron chi connectivity index (χ2n) is 2.57. The smallest absolute Gasteiger partial charge is 0.269 e. The maximum Gasteiger partial charge on any atom is 0.269 e. The van der Waals surface area contributed by atoms with Crippen LogP contribution in [-0.2, 0) is 11.2 Å². The summed E-state index contributed by atoms with van der Waals surface area (Å²) in [6.07, 6.45) is 0.109. The lowest BCUT2D eigenvalue weighted by atomic mass is 9.95. The fourth-order valence-corrected chi connectivity index (χ4v) is 0.937. The van der Waals surface area contributed by atoms with Crippen LogP contribution in [0.2, 0.25) is 0 Å². The minimum absolute atomic E-state index is 0.00761. The SMILES string of the molecule is [B]C(=O)Cc1ccc([N+](=O)[O-])cc1. The average molecular weight is 175 g/mol. The molecule has 1 rings (SSSR count). The zero-order chi connectivity index (χ0) is 9.84. The van der Waals surface area contributed by atoms with E-state index in [2.05, 4.69) is 0 Å². The van der Waals surface area contributed by atoms with E-state index in [9.17, 15) is 14.9 Å². The van der Waals surface area contributed by atoms with Gasteiger partial charge in [-0.15, -0.1) is 0 Å². The highest BCUT2D eigenvalue weighted by atomic mass is 16.6. The molecule has 0 aliphatic heterocycles. The van der Waals surface area contributed by atoms with E-state index in [0.717, 1.165) is 0 Å². The fourth-order valence-electron chi connectivity index (χ4n) is 0.937. The first kappa shape index (κ1) is 9.44. The quantitative estimate of drug-likeness (QED) is 0.388. The van der Waals surface area contributed by atoms with Crippen molar-refractivity contribution in [3.05, 3.63) is 39.9 Å². The first-order valence-electron chi connectivity index (χ1n) is 3.61. The van der Waals surface area contributed by atoms with Gasteiger partial charge in [0.15, 0.2) is 7.85 Å². The number of hydrogen-bond acceptors (Lipinski definition) is 3. The summed E-state index contributed by atoms with van der Waals surface area (Å²) in [4.78, 5) is 20.2. The van der Waals surface area contributed by atoms with Crippen LogP contribution in [0, 0.1) is 10.1 Å². The van der Waals surface area contributed by atoms with Crippen molar-refractivity contribution in [2.75, 3.05) is 0 Å².